The molecule has 0 bridgehead atoms. The molecule has 1 amide bonds. The summed E-state index contributed by atoms with van der Waals surface area (Å²) >= 11 is 1.25. The number of tetrazole rings is 1. The van der Waals surface area contributed by atoms with Crippen LogP contribution in [0.2, 0.25) is 0 Å². The van der Waals surface area contributed by atoms with Crippen molar-refractivity contribution in [3.8, 4) is 0 Å². The zero-order chi connectivity index (χ0) is 22.3. The quantitative estimate of drug-likeness (QED) is 0.490. The Kier molecular flexibility index (Phi) is 5.22. The van der Waals surface area contributed by atoms with Gasteiger partial charge in [-0.1, -0.05) is 36.0 Å². The van der Waals surface area contributed by atoms with Crippen molar-refractivity contribution in [2.75, 3.05) is 5.32 Å². The molecule has 8 nitrogen and oxygen atoms in total. The summed E-state index contributed by atoms with van der Waals surface area (Å²) in [4.78, 5) is 38.3. The summed E-state index contributed by atoms with van der Waals surface area (Å²) in [6.45, 7) is 7.68. The van der Waals surface area contributed by atoms with Crippen molar-refractivity contribution >= 4 is 34.9 Å². The Labute approximate surface area is 183 Å². The van der Waals surface area contributed by atoms with Crippen LogP contribution in [0.3, 0.4) is 0 Å². The molecule has 1 unspecified atom stereocenters. The van der Waals surface area contributed by atoms with Crippen LogP contribution in [-0.2, 0) is 10.3 Å². The fourth-order valence-electron chi connectivity index (χ4n) is 3.31. The largest absolute Gasteiger partial charge is 0.325 e. The predicted octanol–water partition coefficient (Wildman–Crippen LogP) is 3.32. The number of nitrogens with one attached hydrogen (secondary N) is 1. The molecule has 1 N–H and O–H groups in total. The average molecular weight is 436 g/mol. The van der Waals surface area contributed by atoms with E-state index in [2.05, 4.69) is 20.8 Å². The van der Waals surface area contributed by atoms with Crippen molar-refractivity contribution in [3.05, 3.63) is 64.7 Å². The number of fused-ring (bicyclic) bond motifs is 2. The van der Waals surface area contributed by atoms with Crippen molar-refractivity contribution in [2.24, 2.45) is 0 Å². The van der Waals surface area contributed by atoms with E-state index in [1.165, 1.54) is 11.8 Å². The van der Waals surface area contributed by atoms with Gasteiger partial charge in [-0.25, -0.2) is 4.68 Å². The van der Waals surface area contributed by atoms with Gasteiger partial charge in [0.15, 0.2) is 11.6 Å². The molecule has 0 fully saturated rings. The molecule has 0 spiro atoms. The van der Waals surface area contributed by atoms with E-state index < -0.39 is 5.25 Å². The van der Waals surface area contributed by atoms with Gasteiger partial charge in [-0.3, -0.25) is 14.4 Å². The number of ketones is 2. The van der Waals surface area contributed by atoms with Crippen LogP contribution in [0, 0.1) is 0 Å². The molecule has 1 aromatic heterocycles. The molecular weight excluding hydrogens is 414 g/mol. The van der Waals surface area contributed by atoms with Gasteiger partial charge in [0, 0.05) is 27.9 Å². The molecule has 4 rings (SSSR count). The van der Waals surface area contributed by atoms with Crippen LogP contribution in [0.25, 0.3) is 0 Å². The zero-order valence-electron chi connectivity index (χ0n) is 17.5. The zero-order valence-corrected chi connectivity index (χ0v) is 18.4. The maximum absolute atomic E-state index is 12.9. The van der Waals surface area contributed by atoms with Crippen LogP contribution in [0.15, 0.2) is 47.6 Å². The van der Waals surface area contributed by atoms with E-state index in [0.717, 1.165) is 0 Å². The molecule has 1 heterocycles. The molecule has 2 aromatic carbocycles. The number of carbonyl (C=O) groups is 3. The Morgan fingerprint density at radius 1 is 1.00 bits per heavy atom. The molecule has 1 atom stereocenters. The number of benzene rings is 2. The highest BCUT2D eigenvalue weighted by Crippen LogP contribution is 2.30. The molecule has 0 saturated heterocycles. The smallest absolute Gasteiger partial charge is 0.237 e. The van der Waals surface area contributed by atoms with E-state index in [1.807, 2.05) is 20.8 Å². The Balaban J connectivity index is 1.53. The Morgan fingerprint density at radius 3 is 2.26 bits per heavy atom. The van der Waals surface area contributed by atoms with Crippen LogP contribution < -0.4 is 5.32 Å². The van der Waals surface area contributed by atoms with Crippen molar-refractivity contribution in [2.45, 2.75) is 43.6 Å². The molecule has 0 saturated carbocycles. The van der Waals surface area contributed by atoms with E-state index in [4.69, 9.17) is 0 Å². The molecule has 0 radical (unpaired) electrons. The second-order valence-electron chi connectivity index (χ2n) is 8.26. The van der Waals surface area contributed by atoms with Crippen LogP contribution in [0.4, 0.5) is 5.69 Å². The lowest BCUT2D eigenvalue weighted by atomic mass is 9.84. The third-order valence-corrected chi connectivity index (χ3v) is 5.95. The Morgan fingerprint density at radius 2 is 1.61 bits per heavy atom. The van der Waals surface area contributed by atoms with Gasteiger partial charge in [0.2, 0.25) is 11.1 Å². The molecule has 1 aliphatic carbocycles. The maximum atomic E-state index is 12.9. The lowest BCUT2D eigenvalue weighted by Crippen LogP contribution is -2.27. The number of nitrogens with zero attached hydrogens (tertiary/aromatic N) is 4. The van der Waals surface area contributed by atoms with Gasteiger partial charge in [0.1, 0.15) is 0 Å². The molecular formula is C22H21N5O3S. The second kappa shape index (κ2) is 7.73. The minimum atomic E-state index is -0.485. The minimum absolute atomic E-state index is 0.194. The van der Waals surface area contributed by atoms with Gasteiger partial charge >= 0.3 is 0 Å². The minimum Gasteiger partial charge on any atom is -0.325 e. The third-order valence-electron chi connectivity index (χ3n) is 4.92. The number of thioether (sulfide) groups is 1. The monoisotopic (exact) mass is 435 g/mol. The second-order valence-corrected chi connectivity index (χ2v) is 9.57. The highest BCUT2D eigenvalue weighted by Gasteiger charge is 2.30. The molecule has 158 valence electrons. The van der Waals surface area contributed by atoms with E-state index >= 15 is 0 Å². The maximum Gasteiger partial charge on any atom is 0.237 e. The van der Waals surface area contributed by atoms with Crippen LogP contribution >= 0.6 is 11.8 Å². The van der Waals surface area contributed by atoms with Crippen molar-refractivity contribution in [1.82, 2.24) is 20.2 Å². The average Bonchev–Trinajstić information content (AvgIpc) is 3.20. The summed E-state index contributed by atoms with van der Waals surface area (Å²) in [7, 11) is 0. The normalized spacial score (nSPS) is 14.1. The van der Waals surface area contributed by atoms with Gasteiger partial charge in [-0.15, -0.1) is 5.10 Å². The standard InChI is InChI=1S/C22H21N5O3S/c1-12(31-21-24-25-26-27(21)22(2,3)4)20(30)23-13-9-10-16-17(11-13)19(29)15-8-6-5-7-14(15)18(16)28/h5-12H,1-4H3,(H,23,30). The number of anilines is 1. The summed E-state index contributed by atoms with van der Waals surface area (Å²) in [5.74, 6) is -0.683. The lowest BCUT2D eigenvalue weighted by molar-refractivity contribution is -0.115. The van der Waals surface area contributed by atoms with Crippen LogP contribution in [-0.4, -0.2) is 42.9 Å². The molecule has 9 heteroatoms. The first-order valence-corrected chi connectivity index (χ1v) is 10.6. The Bertz CT molecular complexity index is 1210. The van der Waals surface area contributed by atoms with Gasteiger partial charge in [0.25, 0.3) is 0 Å². The highest BCUT2D eigenvalue weighted by molar-refractivity contribution is 8.00. The van der Waals surface area contributed by atoms with E-state index in [9.17, 15) is 14.4 Å². The molecule has 1 aliphatic rings. The topological polar surface area (TPSA) is 107 Å². The summed E-state index contributed by atoms with van der Waals surface area (Å²) in [6, 6.07) is 11.5. The van der Waals surface area contributed by atoms with Crippen molar-refractivity contribution < 1.29 is 14.4 Å². The third kappa shape index (κ3) is 3.88. The first kappa shape index (κ1) is 20.9. The van der Waals surface area contributed by atoms with Crippen LogP contribution in [0.5, 0.6) is 0 Å². The van der Waals surface area contributed by atoms with Crippen molar-refractivity contribution in [3.63, 3.8) is 0 Å². The van der Waals surface area contributed by atoms with Gasteiger partial charge in [0.05, 0.1) is 10.8 Å². The predicted molar refractivity (Wildman–Crippen MR) is 117 cm³/mol. The van der Waals surface area contributed by atoms with E-state index in [-0.39, 0.29) is 23.0 Å². The van der Waals surface area contributed by atoms with E-state index in [0.29, 0.717) is 33.1 Å². The number of hydrogen-bond acceptors (Lipinski definition) is 7. The SMILES string of the molecule is CC(Sc1nnnn1C(C)(C)C)C(=O)Nc1ccc2c(c1)C(=O)c1ccccc1C2=O. The molecule has 3 aromatic rings. The molecule has 31 heavy (non-hydrogen) atoms. The summed E-state index contributed by atoms with van der Waals surface area (Å²) < 4.78 is 1.67. The number of aromatic nitrogens is 4. The highest BCUT2D eigenvalue weighted by atomic mass is 32.2. The first-order valence-electron chi connectivity index (χ1n) is 9.75. The number of rotatable bonds is 4. The van der Waals surface area contributed by atoms with Gasteiger partial charge in [-0.2, -0.15) is 0 Å². The summed E-state index contributed by atoms with van der Waals surface area (Å²) in [6.07, 6.45) is 0. The van der Waals surface area contributed by atoms with E-state index in [1.54, 1.807) is 54.1 Å². The van der Waals surface area contributed by atoms with Crippen molar-refractivity contribution in [1.29, 1.82) is 0 Å². The number of hydrogen-bond donors (Lipinski definition) is 1. The fraction of sp³-hybridized carbons (Fsp3) is 0.273. The lowest BCUT2D eigenvalue weighted by Gasteiger charge is -2.21. The Hall–Kier alpha value is -3.33. The summed E-state index contributed by atoms with van der Waals surface area (Å²) in [5.41, 5.74) is 1.54. The molecule has 0 aliphatic heterocycles. The number of carbonyl (C=O) groups excluding carboxylic acids is 3. The fourth-order valence-corrected chi connectivity index (χ4v) is 4.28. The van der Waals surface area contributed by atoms with Gasteiger partial charge in [-0.05, 0) is 56.3 Å². The van der Waals surface area contributed by atoms with Gasteiger partial charge < -0.3 is 5.32 Å². The first-order chi connectivity index (χ1) is 14.7. The summed E-state index contributed by atoms with van der Waals surface area (Å²) in [5, 5.41) is 14.6. The number of amides is 1. The van der Waals surface area contributed by atoms with Crippen LogP contribution in [0.1, 0.15) is 59.5 Å².